The lowest BCUT2D eigenvalue weighted by Crippen LogP contribution is -2.06. The summed E-state index contributed by atoms with van der Waals surface area (Å²) in [4.78, 5) is 4.36. The van der Waals surface area contributed by atoms with Gasteiger partial charge >= 0.3 is 0 Å². The average molecular weight is 386 g/mol. The lowest BCUT2D eigenvalue weighted by atomic mass is 10.1. The highest BCUT2D eigenvalue weighted by Crippen LogP contribution is 2.31. The minimum atomic E-state index is -1.52. The third-order valence-corrected chi connectivity index (χ3v) is 4.23. The molecule has 0 radical (unpaired) electrons. The maximum atomic E-state index is 13.9. The number of aromatic nitrogens is 3. The molecule has 2 aromatic carbocycles. The molecule has 0 aliphatic heterocycles. The normalized spacial score (nSPS) is 11.1. The van der Waals surface area contributed by atoms with E-state index in [9.17, 15) is 13.2 Å². The summed E-state index contributed by atoms with van der Waals surface area (Å²) in [6, 6.07) is 7.84. The van der Waals surface area contributed by atoms with Crippen molar-refractivity contribution < 1.29 is 13.2 Å². The van der Waals surface area contributed by atoms with Crippen LogP contribution in [0.5, 0.6) is 0 Å². The van der Waals surface area contributed by atoms with Crippen molar-refractivity contribution in [1.82, 2.24) is 14.8 Å². The van der Waals surface area contributed by atoms with Crippen LogP contribution >= 0.6 is 23.2 Å². The van der Waals surface area contributed by atoms with Gasteiger partial charge in [-0.25, -0.2) is 22.8 Å². The molecule has 0 spiro atoms. The molecule has 0 fully saturated rings. The second-order valence-corrected chi connectivity index (χ2v) is 6.10. The van der Waals surface area contributed by atoms with E-state index in [-0.39, 0.29) is 35.2 Å². The number of halogens is 5. The molecule has 0 N–H and O–H groups in total. The van der Waals surface area contributed by atoms with Gasteiger partial charge in [-0.15, -0.1) is 11.6 Å². The molecule has 8 heteroatoms. The van der Waals surface area contributed by atoms with Gasteiger partial charge in [0, 0.05) is 17.0 Å². The predicted molar refractivity (Wildman–Crippen MR) is 91.2 cm³/mol. The van der Waals surface area contributed by atoms with Crippen LogP contribution in [-0.2, 0) is 6.54 Å². The summed E-state index contributed by atoms with van der Waals surface area (Å²) in [7, 11) is 0. The van der Waals surface area contributed by atoms with Gasteiger partial charge in [0.15, 0.2) is 29.1 Å². The summed E-state index contributed by atoms with van der Waals surface area (Å²) < 4.78 is 42.5. The fourth-order valence-corrected chi connectivity index (χ4v) is 2.83. The van der Waals surface area contributed by atoms with E-state index < -0.39 is 17.5 Å². The molecule has 0 aliphatic carbocycles. The summed E-state index contributed by atoms with van der Waals surface area (Å²) in [5, 5.41) is 4.76. The zero-order chi connectivity index (χ0) is 18.1. The summed E-state index contributed by atoms with van der Waals surface area (Å²) in [6.45, 7) is 1.61. The van der Waals surface area contributed by atoms with Crippen LogP contribution in [0.15, 0.2) is 30.3 Å². The fourth-order valence-electron chi connectivity index (χ4n) is 2.45. The summed E-state index contributed by atoms with van der Waals surface area (Å²) in [6.07, 6.45) is 0. The van der Waals surface area contributed by atoms with Gasteiger partial charge in [0.05, 0.1) is 11.6 Å². The molecule has 1 heterocycles. The molecule has 0 aliphatic rings. The van der Waals surface area contributed by atoms with Crippen molar-refractivity contribution in [1.29, 1.82) is 0 Å². The van der Waals surface area contributed by atoms with E-state index >= 15 is 0 Å². The molecule has 3 nitrogen and oxygen atoms in total. The number of rotatable bonds is 4. The van der Waals surface area contributed by atoms with Crippen LogP contribution in [0.2, 0.25) is 5.02 Å². The molecule has 0 unspecified atom stereocenters. The van der Waals surface area contributed by atoms with Crippen molar-refractivity contribution in [2.45, 2.75) is 13.5 Å². The third-order valence-electron chi connectivity index (χ3n) is 3.73. The monoisotopic (exact) mass is 385 g/mol. The van der Waals surface area contributed by atoms with Crippen molar-refractivity contribution >= 4 is 23.2 Å². The van der Waals surface area contributed by atoms with Gasteiger partial charge in [0.2, 0.25) is 0 Å². The molecule has 25 heavy (non-hydrogen) atoms. The number of hydrogen-bond acceptors (Lipinski definition) is 2. The Morgan fingerprint density at radius 2 is 1.80 bits per heavy atom. The average Bonchev–Trinajstić information content (AvgIpc) is 3.00. The van der Waals surface area contributed by atoms with Crippen LogP contribution in [-0.4, -0.2) is 20.6 Å². The molecule has 1 aromatic heterocycles. The van der Waals surface area contributed by atoms with E-state index in [1.54, 1.807) is 24.3 Å². The van der Waals surface area contributed by atoms with Gasteiger partial charge in [-0.2, -0.15) is 5.10 Å². The van der Waals surface area contributed by atoms with Gasteiger partial charge in [0.25, 0.3) is 0 Å². The first-order chi connectivity index (χ1) is 11.9. The highest BCUT2D eigenvalue weighted by Gasteiger charge is 2.22. The zero-order valence-corrected chi connectivity index (χ0v) is 14.5. The van der Waals surface area contributed by atoms with Gasteiger partial charge in [-0.1, -0.05) is 23.7 Å². The van der Waals surface area contributed by atoms with Crippen molar-refractivity contribution in [3.63, 3.8) is 0 Å². The van der Waals surface area contributed by atoms with E-state index in [4.69, 9.17) is 23.2 Å². The smallest absolute Gasteiger partial charge is 0.194 e. The fraction of sp³-hybridized carbons (Fsp3) is 0.176. The van der Waals surface area contributed by atoms with Crippen molar-refractivity contribution in [2.75, 3.05) is 5.88 Å². The molecule has 0 atom stereocenters. The Hall–Kier alpha value is -2.05. The van der Waals surface area contributed by atoms with E-state index in [0.717, 1.165) is 6.07 Å². The van der Waals surface area contributed by atoms with Crippen LogP contribution in [0.1, 0.15) is 5.56 Å². The summed E-state index contributed by atoms with van der Waals surface area (Å²) >= 11 is 11.9. The number of alkyl halides is 1. The molecule has 3 aromatic rings. The van der Waals surface area contributed by atoms with Crippen molar-refractivity contribution in [3.05, 3.63) is 58.4 Å². The van der Waals surface area contributed by atoms with Gasteiger partial charge in [0.1, 0.15) is 0 Å². The molecular weight excluding hydrogens is 374 g/mol. The lowest BCUT2D eigenvalue weighted by molar-refractivity contribution is 0.444. The first-order valence-corrected chi connectivity index (χ1v) is 8.25. The molecular formula is C17H12Cl2F3N3. The number of benzene rings is 2. The van der Waals surface area contributed by atoms with Gasteiger partial charge in [-0.05, 0) is 30.7 Å². The topological polar surface area (TPSA) is 30.7 Å². The first kappa shape index (κ1) is 17.8. The van der Waals surface area contributed by atoms with E-state index in [1.165, 1.54) is 11.6 Å². The Labute approximate surface area is 152 Å². The van der Waals surface area contributed by atoms with Gasteiger partial charge in [-0.3, -0.25) is 0 Å². The summed E-state index contributed by atoms with van der Waals surface area (Å²) in [5.41, 5.74) is 0.611. The van der Waals surface area contributed by atoms with Crippen LogP contribution in [0.4, 0.5) is 13.2 Å². The number of nitrogens with zero attached hydrogens (tertiary/aromatic N) is 3. The predicted octanol–water partition coefficient (Wildman–Crippen LogP) is 5.23. The molecule has 0 saturated carbocycles. The zero-order valence-electron chi connectivity index (χ0n) is 13.0. The molecule has 3 rings (SSSR count). The van der Waals surface area contributed by atoms with Crippen LogP contribution in [0, 0.1) is 24.4 Å². The quantitative estimate of drug-likeness (QED) is 0.454. The van der Waals surface area contributed by atoms with Crippen LogP contribution < -0.4 is 0 Å². The highest BCUT2D eigenvalue weighted by atomic mass is 35.5. The Bertz CT molecular complexity index is 941. The molecule has 130 valence electrons. The Kier molecular flexibility index (Phi) is 5.01. The van der Waals surface area contributed by atoms with E-state index in [0.29, 0.717) is 10.6 Å². The van der Waals surface area contributed by atoms with Crippen LogP contribution in [0.3, 0.4) is 0 Å². The Balaban J connectivity index is 2.22. The molecule has 0 bridgehead atoms. The molecule has 0 amide bonds. The second-order valence-electron chi connectivity index (χ2n) is 5.31. The van der Waals surface area contributed by atoms with Gasteiger partial charge < -0.3 is 0 Å². The van der Waals surface area contributed by atoms with E-state index in [2.05, 4.69) is 10.1 Å². The Morgan fingerprint density at radius 1 is 1.08 bits per heavy atom. The maximum Gasteiger partial charge on any atom is 0.194 e. The van der Waals surface area contributed by atoms with Crippen LogP contribution in [0.25, 0.3) is 22.8 Å². The maximum absolute atomic E-state index is 13.9. The standard InChI is InChI=1S/C17H12Cl2F3N3/c1-9-11(8-13(20)15(22)14(9)21)17-23-16(24-25(17)7-6-18)10-4-2-3-5-12(10)19/h2-5,8H,6-7H2,1H3. The van der Waals surface area contributed by atoms with E-state index in [1.807, 2.05) is 0 Å². The molecule has 0 saturated heterocycles. The minimum Gasteiger partial charge on any atom is -0.244 e. The lowest BCUT2D eigenvalue weighted by Gasteiger charge is -2.09. The number of hydrogen-bond donors (Lipinski definition) is 0. The SMILES string of the molecule is Cc1c(-c2nc(-c3ccccc3Cl)nn2CCCl)cc(F)c(F)c1F. The number of aryl methyl sites for hydroxylation is 1. The highest BCUT2D eigenvalue weighted by molar-refractivity contribution is 6.33. The summed E-state index contributed by atoms with van der Waals surface area (Å²) in [5.74, 6) is -3.38. The van der Waals surface area contributed by atoms with Crippen molar-refractivity contribution in [3.8, 4) is 22.8 Å². The third kappa shape index (κ3) is 3.24. The second kappa shape index (κ2) is 7.06. The van der Waals surface area contributed by atoms with Crippen molar-refractivity contribution in [2.24, 2.45) is 0 Å². The Morgan fingerprint density at radius 3 is 2.48 bits per heavy atom. The minimum absolute atomic E-state index is 0.0622. The first-order valence-electron chi connectivity index (χ1n) is 7.34. The largest absolute Gasteiger partial charge is 0.244 e.